The van der Waals surface area contributed by atoms with Gasteiger partial charge >= 0.3 is 0 Å². The summed E-state index contributed by atoms with van der Waals surface area (Å²) < 4.78 is 0. The number of hydrogen-bond acceptors (Lipinski definition) is 7. The van der Waals surface area contributed by atoms with E-state index in [4.69, 9.17) is 0 Å². The molecule has 0 unspecified atom stereocenters. The van der Waals surface area contributed by atoms with Crippen molar-refractivity contribution in [1.29, 1.82) is 0 Å². The van der Waals surface area contributed by atoms with Gasteiger partial charge in [0.05, 0.1) is 11.4 Å². The molecule has 1 saturated heterocycles. The van der Waals surface area contributed by atoms with E-state index in [2.05, 4.69) is 55.5 Å². The number of aromatic nitrogens is 3. The molecule has 0 saturated carbocycles. The second-order valence-corrected chi connectivity index (χ2v) is 9.63. The number of hydrogen-bond donors (Lipinski definition) is 1. The molecule has 0 aliphatic carbocycles. The molecule has 0 radical (unpaired) electrons. The van der Waals surface area contributed by atoms with Crippen molar-refractivity contribution >= 4 is 34.4 Å². The van der Waals surface area contributed by atoms with Crippen LogP contribution in [0.1, 0.15) is 24.3 Å². The zero-order valence-corrected chi connectivity index (χ0v) is 19.1. The summed E-state index contributed by atoms with van der Waals surface area (Å²) in [5.41, 5.74) is 2.12. The number of piperidine rings is 1. The standard InChI is InChI=1S/C24H23N5OS2/c30-22(16-29-11-8-18(9-12-29)17-5-2-1-3-6-17)27-21-15-19(24-25-10-14-32-24)26-23(28-21)20-7-4-13-31-20/h1-7,10,13-15,18H,8-9,11-12,16H2,(H,26,27,28,30). The van der Waals surface area contributed by atoms with Crippen LogP contribution in [0.25, 0.3) is 21.4 Å². The summed E-state index contributed by atoms with van der Waals surface area (Å²) >= 11 is 3.09. The maximum Gasteiger partial charge on any atom is 0.239 e. The molecular formula is C24H23N5OS2. The minimum atomic E-state index is -0.0518. The molecule has 1 aromatic carbocycles. The predicted octanol–water partition coefficient (Wildman–Crippen LogP) is 5.15. The maximum atomic E-state index is 12.8. The van der Waals surface area contributed by atoms with E-state index in [0.29, 0.717) is 24.1 Å². The number of nitrogens with one attached hydrogen (secondary N) is 1. The summed E-state index contributed by atoms with van der Waals surface area (Å²) in [7, 11) is 0. The van der Waals surface area contributed by atoms with Crippen molar-refractivity contribution in [2.45, 2.75) is 18.8 Å². The summed E-state index contributed by atoms with van der Waals surface area (Å²) in [6, 6.07) is 16.4. The number of likely N-dealkylation sites (tertiary alicyclic amines) is 1. The lowest BCUT2D eigenvalue weighted by atomic mass is 9.89. The smallest absolute Gasteiger partial charge is 0.239 e. The Morgan fingerprint density at radius 3 is 2.59 bits per heavy atom. The number of benzene rings is 1. The normalized spacial score (nSPS) is 15.0. The lowest BCUT2D eigenvalue weighted by Crippen LogP contribution is -2.38. The van der Waals surface area contributed by atoms with Gasteiger partial charge in [0.15, 0.2) is 5.82 Å². The summed E-state index contributed by atoms with van der Waals surface area (Å²) in [6.07, 6.45) is 3.90. The molecule has 1 fully saturated rings. The van der Waals surface area contributed by atoms with Crippen LogP contribution in [-0.2, 0) is 4.79 Å². The molecule has 3 aromatic heterocycles. The third-order valence-electron chi connectivity index (χ3n) is 5.61. The Morgan fingerprint density at radius 2 is 1.88 bits per heavy atom. The van der Waals surface area contributed by atoms with Gasteiger partial charge in [-0.2, -0.15) is 0 Å². The van der Waals surface area contributed by atoms with Crippen LogP contribution in [0.5, 0.6) is 0 Å². The number of amides is 1. The summed E-state index contributed by atoms with van der Waals surface area (Å²) in [5.74, 6) is 1.64. The summed E-state index contributed by atoms with van der Waals surface area (Å²) in [4.78, 5) is 29.6. The van der Waals surface area contributed by atoms with E-state index in [1.807, 2.05) is 22.9 Å². The van der Waals surface area contributed by atoms with E-state index < -0.39 is 0 Å². The van der Waals surface area contributed by atoms with Crippen LogP contribution >= 0.6 is 22.7 Å². The minimum Gasteiger partial charge on any atom is -0.309 e. The molecule has 1 N–H and O–H groups in total. The molecule has 4 aromatic rings. The van der Waals surface area contributed by atoms with Gasteiger partial charge < -0.3 is 5.32 Å². The highest BCUT2D eigenvalue weighted by Gasteiger charge is 2.22. The van der Waals surface area contributed by atoms with Gasteiger partial charge in [0.2, 0.25) is 5.91 Å². The highest BCUT2D eigenvalue weighted by atomic mass is 32.1. The predicted molar refractivity (Wildman–Crippen MR) is 130 cm³/mol. The maximum absolute atomic E-state index is 12.8. The molecule has 0 bridgehead atoms. The third kappa shape index (κ3) is 4.93. The molecule has 6 nitrogen and oxygen atoms in total. The van der Waals surface area contributed by atoms with E-state index in [1.54, 1.807) is 23.6 Å². The number of thiazole rings is 1. The molecule has 8 heteroatoms. The van der Waals surface area contributed by atoms with Crippen LogP contribution in [0.4, 0.5) is 5.82 Å². The van der Waals surface area contributed by atoms with E-state index in [-0.39, 0.29) is 5.91 Å². The first-order chi connectivity index (χ1) is 15.7. The first-order valence-electron chi connectivity index (χ1n) is 10.6. The molecule has 1 amide bonds. The van der Waals surface area contributed by atoms with Crippen LogP contribution in [0.15, 0.2) is 65.5 Å². The molecule has 5 rings (SSSR count). The quantitative estimate of drug-likeness (QED) is 0.430. The molecule has 1 aliphatic heterocycles. The molecular weight excluding hydrogens is 438 g/mol. The lowest BCUT2D eigenvalue weighted by molar-refractivity contribution is -0.117. The zero-order chi connectivity index (χ0) is 21.8. The topological polar surface area (TPSA) is 71.0 Å². The van der Waals surface area contributed by atoms with Gasteiger partial charge in [0.1, 0.15) is 16.5 Å². The van der Waals surface area contributed by atoms with Crippen molar-refractivity contribution in [2.24, 2.45) is 0 Å². The van der Waals surface area contributed by atoms with Gasteiger partial charge in [-0.25, -0.2) is 15.0 Å². The number of rotatable bonds is 6. The Kier molecular flexibility index (Phi) is 6.34. The van der Waals surface area contributed by atoms with Crippen molar-refractivity contribution in [3.63, 3.8) is 0 Å². The fourth-order valence-electron chi connectivity index (χ4n) is 4.02. The highest BCUT2D eigenvalue weighted by Crippen LogP contribution is 2.29. The fraction of sp³-hybridized carbons (Fsp3) is 0.250. The van der Waals surface area contributed by atoms with Gasteiger partial charge in [-0.3, -0.25) is 9.69 Å². The Bertz CT molecular complexity index is 1100. The number of anilines is 1. The van der Waals surface area contributed by atoms with Crippen LogP contribution in [0.3, 0.4) is 0 Å². The number of carbonyl (C=O) groups is 1. The van der Waals surface area contributed by atoms with Crippen LogP contribution in [0, 0.1) is 0 Å². The molecule has 162 valence electrons. The van der Waals surface area contributed by atoms with Crippen molar-refractivity contribution in [3.8, 4) is 21.4 Å². The summed E-state index contributed by atoms with van der Waals surface area (Å²) in [6.45, 7) is 2.20. The highest BCUT2D eigenvalue weighted by molar-refractivity contribution is 7.13. The fourth-order valence-corrected chi connectivity index (χ4v) is 5.28. The molecule has 32 heavy (non-hydrogen) atoms. The Morgan fingerprint density at radius 1 is 1.03 bits per heavy atom. The van der Waals surface area contributed by atoms with E-state index in [9.17, 15) is 4.79 Å². The van der Waals surface area contributed by atoms with Gasteiger partial charge in [-0.15, -0.1) is 22.7 Å². The average molecular weight is 462 g/mol. The lowest BCUT2D eigenvalue weighted by Gasteiger charge is -2.31. The van der Waals surface area contributed by atoms with Crippen LogP contribution in [-0.4, -0.2) is 45.4 Å². The summed E-state index contributed by atoms with van der Waals surface area (Å²) in [5, 5.41) is 7.70. The second-order valence-electron chi connectivity index (χ2n) is 7.79. The van der Waals surface area contributed by atoms with E-state index in [0.717, 1.165) is 41.5 Å². The largest absolute Gasteiger partial charge is 0.309 e. The van der Waals surface area contributed by atoms with Gasteiger partial charge in [-0.1, -0.05) is 36.4 Å². The number of carbonyl (C=O) groups excluding carboxylic acids is 1. The minimum absolute atomic E-state index is 0.0518. The Hall–Kier alpha value is -2.94. The number of nitrogens with zero attached hydrogens (tertiary/aromatic N) is 4. The SMILES string of the molecule is O=C(CN1CCC(c2ccccc2)CC1)Nc1cc(-c2nccs2)nc(-c2cccs2)n1. The first-order valence-corrected chi connectivity index (χ1v) is 12.4. The van der Waals surface area contributed by atoms with Gasteiger partial charge in [0.25, 0.3) is 0 Å². The van der Waals surface area contributed by atoms with Crippen molar-refractivity contribution < 1.29 is 4.79 Å². The van der Waals surface area contributed by atoms with Crippen molar-refractivity contribution in [2.75, 3.05) is 25.0 Å². The van der Waals surface area contributed by atoms with E-state index >= 15 is 0 Å². The molecule has 4 heterocycles. The Balaban J connectivity index is 1.25. The van der Waals surface area contributed by atoms with Gasteiger partial charge in [-0.05, 0) is 48.9 Å². The van der Waals surface area contributed by atoms with Crippen LogP contribution < -0.4 is 5.32 Å². The molecule has 1 aliphatic rings. The van der Waals surface area contributed by atoms with Crippen LogP contribution in [0.2, 0.25) is 0 Å². The van der Waals surface area contributed by atoms with E-state index in [1.165, 1.54) is 16.9 Å². The van der Waals surface area contributed by atoms with Crippen molar-refractivity contribution in [3.05, 3.63) is 71.1 Å². The average Bonchev–Trinajstić information content (AvgIpc) is 3.55. The van der Waals surface area contributed by atoms with Gasteiger partial charge in [0, 0.05) is 17.6 Å². The van der Waals surface area contributed by atoms with Crippen molar-refractivity contribution in [1.82, 2.24) is 19.9 Å². The molecule has 0 atom stereocenters. The third-order valence-corrected chi connectivity index (χ3v) is 7.27. The Labute approximate surface area is 195 Å². The zero-order valence-electron chi connectivity index (χ0n) is 17.5. The second kappa shape index (κ2) is 9.68. The monoisotopic (exact) mass is 461 g/mol. The molecule has 0 spiro atoms. The first kappa shape index (κ1) is 20.9. The number of thiophene rings is 1.